The summed E-state index contributed by atoms with van der Waals surface area (Å²) >= 11 is 0. The molecule has 0 fully saturated rings. The molecule has 7 heteroatoms. The monoisotopic (exact) mass is 318 g/mol. The molecular weight excluding hydrogens is 296 g/mol. The van der Waals surface area contributed by atoms with E-state index in [-0.39, 0.29) is 11.2 Å². The van der Waals surface area contributed by atoms with Crippen molar-refractivity contribution in [3.8, 4) is 0 Å². The fourth-order valence-electron chi connectivity index (χ4n) is 2.93. The summed E-state index contributed by atoms with van der Waals surface area (Å²) in [5.41, 5.74) is 0.135. The summed E-state index contributed by atoms with van der Waals surface area (Å²) in [6.45, 7) is 4.40. The molecule has 3 aromatic rings. The van der Waals surface area contributed by atoms with Crippen molar-refractivity contribution in [2.75, 3.05) is 0 Å². The van der Waals surface area contributed by atoms with Gasteiger partial charge in [-0.25, -0.2) is 4.79 Å². The first-order valence-corrected chi connectivity index (χ1v) is 8.12. The van der Waals surface area contributed by atoms with Crippen LogP contribution in [0.2, 0.25) is 0 Å². The van der Waals surface area contributed by atoms with E-state index in [0.29, 0.717) is 29.3 Å². The maximum Gasteiger partial charge on any atom is 0.332 e. The van der Waals surface area contributed by atoms with Gasteiger partial charge >= 0.3 is 11.5 Å². The van der Waals surface area contributed by atoms with Gasteiger partial charge in [0.15, 0.2) is 11.2 Å². The molecule has 3 rings (SSSR count). The molecule has 0 spiro atoms. The Morgan fingerprint density at radius 1 is 1.17 bits per heavy atom. The Labute approximate surface area is 133 Å². The lowest BCUT2D eigenvalue weighted by Crippen LogP contribution is -2.39. The Hall–Kier alpha value is -2.31. The third-order valence-electron chi connectivity index (χ3n) is 4.19. The van der Waals surface area contributed by atoms with E-state index < -0.39 is 0 Å². The Bertz CT molecular complexity index is 958. The first-order valence-electron chi connectivity index (χ1n) is 8.12. The van der Waals surface area contributed by atoms with Crippen molar-refractivity contribution in [3.05, 3.63) is 32.8 Å². The van der Waals surface area contributed by atoms with Gasteiger partial charge in [0.1, 0.15) is 5.76 Å². The van der Waals surface area contributed by atoms with Gasteiger partial charge in [-0.3, -0.25) is 18.3 Å². The fraction of sp³-hybridized carbons (Fsp3) is 0.562. The van der Waals surface area contributed by atoms with E-state index in [1.54, 1.807) is 24.6 Å². The maximum absolute atomic E-state index is 12.8. The van der Waals surface area contributed by atoms with Crippen molar-refractivity contribution in [2.24, 2.45) is 7.05 Å². The molecule has 0 radical (unpaired) electrons. The zero-order valence-corrected chi connectivity index (χ0v) is 13.8. The standard InChI is InChI=1S/C16H22N4O3/c1-4-5-6-7-8-9-19-14(21)12-13(18(3)16(19)22)17-15-20(12)10-11(2)23-15/h10H,4-9H2,1-3H3. The average Bonchev–Trinajstić information content (AvgIpc) is 3.03. The molecule has 0 aliphatic rings. The van der Waals surface area contributed by atoms with Crippen molar-refractivity contribution < 1.29 is 4.42 Å². The molecule has 3 aromatic heterocycles. The van der Waals surface area contributed by atoms with Gasteiger partial charge in [0, 0.05) is 13.6 Å². The molecule has 0 aromatic carbocycles. The number of unbranched alkanes of at least 4 members (excludes halogenated alkanes) is 4. The van der Waals surface area contributed by atoms with Gasteiger partial charge in [-0.2, -0.15) is 4.98 Å². The predicted octanol–water partition coefficient (Wildman–Crippen LogP) is 2.22. The zero-order chi connectivity index (χ0) is 16.6. The van der Waals surface area contributed by atoms with Gasteiger partial charge in [0.05, 0.1) is 6.20 Å². The molecule has 23 heavy (non-hydrogen) atoms. The van der Waals surface area contributed by atoms with Crippen LogP contribution in [0.3, 0.4) is 0 Å². The second-order valence-corrected chi connectivity index (χ2v) is 5.99. The molecule has 0 amide bonds. The Morgan fingerprint density at radius 2 is 1.91 bits per heavy atom. The summed E-state index contributed by atoms with van der Waals surface area (Å²) in [6.07, 6.45) is 7.06. The van der Waals surface area contributed by atoms with E-state index in [9.17, 15) is 9.59 Å². The number of aromatic nitrogens is 4. The molecule has 0 aliphatic carbocycles. The number of hydrogen-bond donors (Lipinski definition) is 0. The zero-order valence-electron chi connectivity index (χ0n) is 13.8. The van der Waals surface area contributed by atoms with Crippen molar-refractivity contribution in [3.63, 3.8) is 0 Å². The summed E-state index contributed by atoms with van der Waals surface area (Å²) < 4.78 is 9.81. The van der Waals surface area contributed by atoms with Crippen molar-refractivity contribution in [1.82, 2.24) is 18.5 Å². The average molecular weight is 318 g/mol. The van der Waals surface area contributed by atoms with E-state index in [4.69, 9.17) is 4.42 Å². The van der Waals surface area contributed by atoms with Crippen LogP contribution in [-0.4, -0.2) is 18.5 Å². The van der Waals surface area contributed by atoms with E-state index in [0.717, 1.165) is 19.3 Å². The molecule has 0 saturated heterocycles. The number of fused-ring (bicyclic) bond motifs is 3. The molecule has 0 bridgehead atoms. The number of hydrogen-bond acceptors (Lipinski definition) is 4. The molecule has 3 heterocycles. The first-order chi connectivity index (χ1) is 11.0. The van der Waals surface area contributed by atoms with Crippen LogP contribution in [0.5, 0.6) is 0 Å². The summed E-state index contributed by atoms with van der Waals surface area (Å²) in [5.74, 6) is 1.01. The number of imidazole rings is 1. The van der Waals surface area contributed by atoms with Gasteiger partial charge in [-0.1, -0.05) is 32.6 Å². The van der Waals surface area contributed by atoms with Crippen molar-refractivity contribution >= 4 is 17.0 Å². The predicted molar refractivity (Wildman–Crippen MR) is 88.0 cm³/mol. The van der Waals surface area contributed by atoms with Crippen LogP contribution >= 0.6 is 0 Å². The fourth-order valence-corrected chi connectivity index (χ4v) is 2.93. The minimum Gasteiger partial charge on any atom is -0.428 e. The van der Waals surface area contributed by atoms with Gasteiger partial charge in [0.25, 0.3) is 5.56 Å². The van der Waals surface area contributed by atoms with Crippen LogP contribution in [0.4, 0.5) is 0 Å². The summed E-state index contributed by atoms with van der Waals surface area (Å²) in [5, 5.41) is 0. The Kier molecular flexibility index (Phi) is 4.11. The van der Waals surface area contributed by atoms with E-state index >= 15 is 0 Å². The lowest BCUT2D eigenvalue weighted by molar-refractivity contribution is 0.532. The summed E-state index contributed by atoms with van der Waals surface area (Å²) in [6, 6.07) is 0. The van der Waals surface area contributed by atoms with E-state index in [1.165, 1.54) is 22.0 Å². The third-order valence-corrected chi connectivity index (χ3v) is 4.19. The van der Waals surface area contributed by atoms with Gasteiger partial charge in [0.2, 0.25) is 0 Å². The summed E-state index contributed by atoms with van der Waals surface area (Å²) in [4.78, 5) is 29.5. The normalized spacial score (nSPS) is 11.8. The largest absolute Gasteiger partial charge is 0.428 e. The lowest BCUT2D eigenvalue weighted by Gasteiger charge is -2.07. The van der Waals surface area contributed by atoms with Gasteiger partial charge in [-0.05, 0) is 13.3 Å². The number of nitrogens with zero attached hydrogens (tertiary/aromatic N) is 4. The molecular formula is C16H22N4O3. The van der Waals surface area contributed by atoms with Gasteiger partial charge < -0.3 is 4.42 Å². The van der Waals surface area contributed by atoms with Crippen LogP contribution in [0.25, 0.3) is 17.0 Å². The highest BCUT2D eigenvalue weighted by Gasteiger charge is 2.18. The topological polar surface area (TPSA) is 74.4 Å². The maximum atomic E-state index is 12.8. The van der Waals surface area contributed by atoms with Crippen LogP contribution in [0.1, 0.15) is 44.8 Å². The smallest absolute Gasteiger partial charge is 0.332 e. The van der Waals surface area contributed by atoms with E-state index in [2.05, 4.69) is 11.9 Å². The highest BCUT2D eigenvalue weighted by atomic mass is 16.4. The minimum absolute atomic E-state index is 0.299. The molecule has 0 N–H and O–H groups in total. The molecule has 0 saturated carbocycles. The van der Waals surface area contributed by atoms with Crippen molar-refractivity contribution in [1.29, 1.82) is 0 Å². The second kappa shape index (κ2) is 6.06. The Balaban J connectivity index is 2.05. The van der Waals surface area contributed by atoms with Crippen LogP contribution in [0, 0.1) is 6.92 Å². The molecule has 0 unspecified atom stereocenters. The number of aryl methyl sites for hydroxylation is 2. The lowest BCUT2D eigenvalue weighted by atomic mass is 10.1. The molecule has 124 valence electrons. The van der Waals surface area contributed by atoms with E-state index in [1.807, 2.05) is 0 Å². The van der Waals surface area contributed by atoms with Crippen molar-refractivity contribution in [2.45, 2.75) is 52.5 Å². The molecule has 7 nitrogen and oxygen atoms in total. The molecule has 0 atom stereocenters. The summed E-state index contributed by atoms with van der Waals surface area (Å²) in [7, 11) is 1.64. The van der Waals surface area contributed by atoms with Crippen LogP contribution in [-0.2, 0) is 13.6 Å². The van der Waals surface area contributed by atoms with Crippen LogP contribution < -0.4 is 11.2 Å². The van der Waals surface area contributed by atoms with Gasteiger partial charge in [-0.15, -0.1) is 0 Å². The Morgan fingerprint density at radius 3 is 2.65 bits per heavy atom. The van der Waals surface area contributed by atoms with Crippen LogP contribution in [0.15, 0.2) is 20.2 Å². The second-order valence-electron chi connectivity index (χ2n) is 5.99. The highest BCUT2D eigenvalue weighted by Crippen LogP contribution is 2.14. The SMILES string of the molecule is CCCCCCCn1c(=O)c2c(nc3oc(C)cn32)n(C)c1=O. The minimum atomic E-state index is -0.324. The quantitative estimate of drug-likeness (QED) is 0.653. The third kappa shape index (κ3) is 2.60. The first kappa shape index (κ1) is 15.6. The number of rotatable bonds is 6. The molecule has 0 aliphatic heterocycles. The number of oxazole rings is 1. The highest BCUT2D eigenvalue weighted by molar-refractivity contribution is 5.74.